The number of hydrogen-bond donors (Lipinski definition) is 1. The van der Waals surface area contributed by atoms with Crippen molar-refractivity contribution < 1.29 is 4.74 Å². The summed E-state index contributed by atoms with van der Waals surface area (Å²) >= 11 is 3.62. The summed E-state index contributed by atoms with van der Waals surface area (Å²) in [5.74, 6) is 1.70. The van der Waals surface area contributed by atoms with Gasteiger partial charge in [0, 0.05) is 6.04 Å². The van der Waals surface area contributed by atoms with Gasteiger partial charge >= 0.3 is 0 Å². The zero-order valence-electron chi connectivity index (χ0n) is 11.9. The number of rotatable bonds is 5. The molecule has 1 fully saturated rings. The van der Waals surface area contributed by atoms with Crippen molar-refractivity contribution >= 4 is 15.9 Å². The molecule has 1 aromatic carbocycles. The Kier molecular flexibility index (Phi) is 5.71. The van der Waals surface area contributed by atoms with Crippen LogP contribution in [0.4, 0.5) is 0 Å². The maximum Gasteiger partial charge on any atom is 0.133 e. The van der Waals surface area contributed by atoms with E-state index in [2.05, 4.69) is 46.5 Å². The van der Waals surface area contributed by atoms with Gasteiger partial charge in [0.25, 0.3) is 0 Å². The highest BCUT2D eigenvalue weighted by atomic mass is 79.9. The van der Waals surface area contributed by atoms with E-state index in [0.717, 1.165) is 16.1 Å². The Morgan fingerprint density at radius 3 is 2.63 bits per heavy atom. The third kappa shape index (κ3) is 3.73. The van der Waals surface area contributed by atoms with E-state index in [0.29, 0.717) is 12.6 Å². The highest BCUT2D eigenvalue weighted by molar-refractivity contribution is 9.10. The molecule has 1 N–H and O–H groups in total. The summed E-state index contributed by atoms with van der Waals surface area (Å²) in [4.78, 5) is 0. The molecule has 0 saturated heterocycles. The highest BCUT2D eigenvalue weighted by Gasteiger charge is 2.24. The molecule has 3 heteroatoms. The van der Waals surface area contributed by atoms with E-state index in [4.69, 9.17) is 4.74 Å². The largest absolute Gasteiger partial charge is 0.493 e. The first-order chi connectivity index (χ1) is 9.26. The Balaban J connectivity index is 2.15. The van der Waals surface area contributed by atoms with Crippen molar-refractivity contribution in [3.63, 3.8) is 0 Å². The SMILES string of the molecule is CCOc1ccc(C(NC)C2CCCCC2)cc1Br. The Morgan fingerprint density at radius 1 is 1.32 bits per heavy atom. The first-order valence-electron chi connectivity index (χ1n) is 7.35. The van der Waals surface area contributed by atoms with E-state index < -0.39 is 0 Å². The Bertz CT molecular complexity index is 402. The smallest absolute Gasteiger partial charge is 0.133 e. The summed E-state index contributed by atoms with van der Waals surface area (Å²) in [6.07, 6.45) is 6.84. The van der Waals surface area contributed by atoms with Crippen LogP contribution in [-0.2, 0) is 0 Å². The molecule has 1 aliphatic carbocycles. The van der Waals surface area contributed by atoms with E-state index in [1.807, 2.05) is 6.92 Å². The van der Waals surface area contributed by atoms with Crippen LogP contribution in [0, 0.1) is 5.92 Å². The first-order valence-corrected chi connectivity index (χ1v) is 8.15. The summed E-state index contributed by atoms with van der Waals surface area (Å²) in [5.41, 5.74) is 1.37. The van der Waals surface area contributed by atoms with Crippen molar-refractivity contribution in [1.82, 2.24) is 5.32 Å². The van der Waals surface area contributed by atoms with Crippen LogP contribution in [0.2, 0.25) is 0 Å². The lowest BCUT2D eigenvalue weighted by Crippen LogP contribution is -2.26. The second-order valence-corrected chi connectivity index (χ2v) is 6.14. The molecule has 0 heterocycles. The molecule has 0 aliphatic heterocycles. The monoisotopic (exact) mass is 325 g/mol. The minimum absolute atomic E-state index is 0.465. The van der Waals surface area contributed by atoms with Crippen LogP contribution >= 0.6 is 15.9 Å². The minimum atomic E-state index is 0.465. The zero-order chi connectivity index (χ0) is 13.7. The standard InChI is InChI=1S/C16H24BrNO/c1-3-19-15-10-9-13(11-14(15)17)16(18-2)12-7-5-4-6-8-12/h9-12,16,18H,3-8H2,1-2H3. The van der Waals surface area contributed by atoms with Crippen molar-refractivity contribution in [1.29, 1.82) is 0 Å². The van der Waals surface area contributed by atoms with Gasteiger partial charge in [-0.3, -0.25) is 0 Å². The van der Waals surface area contributed by atoms with Crippen molar-refractivity contribution in [2.45, 2.75) is 45.1 Å². The lowest BCUT2D eigenvalue weighted by Gasteiger charge is -2.30. The normalized spacial score (nSPS) is 18.3. The second kappa shape index (κ2) is 7.30. The zero-order valence-corrected chi connectivity index (χ0v) is 13.5. The molecule has 106 valence electrons. The maximum atomic E-state index is 5.58. The number of nitrogens with one attached hydrogen (secondary N) is 1. The van der Waals surface area contributed by atoms with Gasteiger partial charge in [-0.25, -0.2) is 0 Å². The fourth-order valence-corrected chi connectivity index (χ4v) is 3.64. The molecule has 0 spiro atoms. The summed E-state index contributed by atoms with van der Waals surface area (Å²) in [5, 5.41) is 3.51. The lowest BCUT2D eigenvalue weighted by atomic mass is 9.81. The number of benzene rings is 1. The second-order valence-electron chi connectivity index (χ2n) is 5.29. The lowest BCUT2D eigenvalue weighted by molar-refractivity contribution is 0.281. The van der Waals surface area contributed by atoms with Gasteiger partial charge in [0.2, 0.25) is 0 Å². The fourth-order valence-electron chi connectivity index (χ4n) is 3.13. The highest BCUT2D eigenvalue weighted by Crippen LogP contribution is 2.36. The van der Waals surface area contributed by atoms with Gasteiger partial charge in [-0.15, -0.1) is 0 Å². The fraction of sp³-hybridized carbons (Fsp3) is 0.625. The van der Waals surface area contributed by atoms with Crippen LogP contribution in [0.15, 0.2) is 22.7 Å². The predicted molar refractivity (Wildman–Crippen MR) is 83.7 cm³/mol. The third-order valence-electron chi connectivity index (χ3n) is 4.05. The van der Waals surface area contributed by atoms with Crippen molar-refractivity contribution in [3.05, 3.63) is 28.2 Å². The van der Waals surface area contributed by atoms with E-state index >= 15 is 0 Å². The molecule has 0 aromatic heterocycles. The van der Waals surface area contributed by atoms with Crippen molar-refractivity contribution in [2.24, 2.45) is 5.92 Å². The van der Waals surface area contributed by atoms with Gasteiger partial charge in [-0.2, -0.15) is 0 Å². The van der Waals surface area contributed by atoms with E-state index in [-0.39, 0.29) is 0 Å². The molecular weight excluding hydrogens is 302 g/mol. The summed E-state index contributed by atoms with van der Waals surface area (Å²) in [6.45, 7) is 2.72. The molecule has 1 saturated carbocycles. The molecule has 2 nitrogen and oxygen atoms in total. The van der Waals surface area contributed by atoms with Crippen LogP contribution < -0.4 is 10.1 Å². The van der Waals surface area contributed by atoms with Crippen LogP contribution in [0.25, 0.3) is 0 Å². The average molecular weight is 326 g/mol. The van der Waals surface area contributed by atoms with Crippen LogP contribution in [0.1, 0.15) is 50.6 Å². The Hall–Kier alpha value is -0.540. The molecule has 0 bridgehead atoms. The number of hydrogen-bond acceptors (Lipinski definition) is 2. The third-order valence-corrected chi connectivity index (χ3v) is 4.67. The summed E-state index contributed by atoms with van der Waals surface area (Å²) in [7, 11) is 2.07. The number of ether oxygens (including phenoxy) is 1. The molecule has 1 unspecified atom stereocenters. The van der Waals surface area contributed by atoms with Crippen LogP contribution in [0.5, 0.6) is 5.75 Å². The van der Waals surface area contributed by atoms with Gasteiger partial charge in [0.05, 0.1) is 11.1 Å². The predicted octanol–water partition coefficient (Wildman–Crippen LogP) is 4.69. The molecule has 0 amide bonds. The molecule has 0 radical (unpaired) electrons. The van der Waals surface area contributed by atoms with E-state index in [1.165, 1.54) is 37.7 Å². The molecule has 1 aromatic rings. The quantitative estimate of drug-likeness (QED) is 0.848. The molecule has 1 aliphatic rings. The molecule has 1 atom stereocenters. The molecular formula is C16H24BrNO. The number of halogens is 1. The maximum absolute atomic E-state index is 5.58. The average Bonchev–Trinajstić information content (AvgIpc) is 2.44. The van der Waals surface area contributed by atoms with E-state index in [1.54, 1.807) is 0 Å². The van der Waals surface area contributed by atoms with Gasteiger partial charge in [-0.1, -0.05) is 25.3 Å². The van der Waals surface area contributed by atoms with Crippen LogP contribution in [0.3, 0.4) is 0 Å². The van der Waals surface area contributed by atoms with Gasteiger partial charge in [-0.05, 0) is 66.4 Å². The van der Waals surface area contributed by atoms with Gasteiger partial charge < -0.3 is 10.1 Å². The summed E-state index contributed by atoms with van der Waals surface area (Å²) in [6, 6.07) is 6.95. The van der Waals surface area contributed by atoms with Crippen LogP contribution in [-0.4, -0.2) is 13.7 Å². The van der Waals surface area contributed by atoms with Crippen molar-refractivity contribution in [3.8, 4) is 5.75 Å². The molecule has 19 heavy (non-hydrogen) atoms. The topological polar surface area (TPSA) is 21.3 Å². The van der Waals surface area contributed by atoms with Crippen molar-refractivity contribution in [2.75, 3.05) is 13.7 Å². The molecule has 2 rings (SSSR count). The Morgan fingerprint density at radius 2 is 2.05 bits per heavy atom. The first kappa shape index (κ1) is 14.9. The van der Waals surface area contributed by atoms with Gasteiger partial charge in [0.1, 0.15) is 5.75 Å². The summed E-state index contributed by atoms with van der Waals surface area (Å²) < 4.78 is 6.64. The minimum Gasteiger partial charge on any atom is -0.493 e. The Labute approximate surface area is 125 Å². The van der Waals surface area contributed by atoms with Gasteiger partial charge in [0.15, 0.2) is 0 Å². The van der Waals surface area contributed by atoms with E-state index in [9.17, 15) is 0 Å².